The molecule has 8 fully saturated rings. The van der Waals surface area contributed by atoms with Gasteiger partial charge in [0.25, 0.3) is 0 Å². The van der Waals surface area contributed by atoms with Crippen LogP contribution >= 0.6 is 0 Å². The largest absolute Gasteiger partial charge is 0.479 e. The zero-order valence-corrected chi connectivity index (χ0v) is 43.9. The van der Waals surface area contributed by atoms with Crippen molar-refractivity contribution >= 4 is 5.97 Å². The Labute approximate surface area is 436 Å². The Hall–Kier alpha value is -1.63. The highest BCUT2D eigenvalue weighted by molar-refractivity contribution is 5.73. The first-order chi connectivity index (χ1) is 35.1. The molecule has 4 aliphatic heterocycles. The van der Waals surface area contributed by atoms with Gasteiger partial charge >= 0.3 is 5.97 Å². The summed E-state index contributed by atoms with van der Waals surface area (Å²) in [5.74, 6) is -1.89. The van der Waals surface area contributed by atoms with Gasteiger partial charge in [0.05, 0.1) is 50.8 Å². The van der Waals surface area contributed by atoms with Crippen LogP contribution in [0.4, 0.5) is 0 Å². The lowest BCUT2D eigenvalue weighted by molar-refractivity contribution is -0.387. The number of aliphatic carboxylic acids is 1. The Balaban J connectivity index is 0.979. The highest BCUT2D eigenvalue weighted by Crippen LogP contribution is 2.76. The van der Waals surface area contributed by atoms with Crippen molar-refractivity contribution in [2.45, 2.75) is 229 Å². The van der Waals surface area contributed by atoms with Crippen LogP contribution in [0, 0.1) is 50.2 Å². The van der Waals surface area contributed by atoms with Gasteiger partial charge in [0.2, 0.25) is 0 Å². The van der Waals surface area contributed by atoms with E-state index in [0.717, 1.165) is 6.42 Å². The van der Waals surface area contributed by atoms with Gasteiger partial charge in [-0.05, 0) is 92.3 Å². The summed E-state index contributed by atoms with van der Waals surface area (Å²) < 4.78 is 48.3. The van der Waals surface area contributed by atoms with Gasteiger partial charge in [-0.15, -0.1) is 0 Å². The third-order valence-corrected chi connectivity index (χ3v) is 21.3. The Morgan fingerprint density at radius 2 is 1.24 bits per heavy atom. The summed E-state index contributed by atoms with van der Waals surface area (Å²) in [6.07, 6.45) is -25.7. The summed E-state index contributed by atoms with van der Waals surface area (Å²) >= 11 is 0. The van der Waals surface area contributed by atoms with Crippen molar-refractivity contribution < 1.29 is 114 Å². The van der Waals surface area contributed by atoms with Crippen molar-refractivity contribution in [3.8, 4) is 0 Å². The van der Waals surface area contributed by atoms with Gasteiger partial charge in [0, 0.05) is 16.2 Å². The highest BCUT2D eigenvalue weighted by Gasteiger charge is 2.71. The van der Waals surface area contributed by atoms with Gasteiger partial charge in [-0.1, -0.05) is 53.2 Å². The van der Waals surface area contributed by atoms with Crippen molar-refractivity contribution in [2.24, 2.45) is 50.2 Å². The van der Waals surface area contributed by atoms with Crippen LogP contribution in [0.3, 0.4) is 0 Å². The quantitative estimate of drug-likeness (QED) is 0.0768. The zero-order chi connectivity index (χ0) is 54.9. The van der Waals surface area contributed by atoms with Crippen molar-refractivity contribution in [1.29, 1.82) is 0 Å². The lowest BCUT2D eigenvalue weighted by atomic mass is 9.33. The molecule has 430 valence electrons. The number of hydrogen-bond donors (Lipinski definition) is 14. The second-order valence-electron chi connectivity index (χ2n) is 25.3. The van der Waals surface area contributed by atoms with Crippen molar-refractivity contribution in [2.75, 3.05) is 26.4 Å². The van der Waals surface area contributed by atoms with Gasteiger partial charge in [-0.25, -0.2) is 4.79 Å². The van der Waals surface area contributed by atoms with Crippen LogP contribution in [0.5, 0.6) is 0 Å². The Morgan fingerprint density at radius 3 is 1.89 bits per heavy atom. The number of aliphatic hydroxyl groups is 13. The molecule has 0 bridgehead atoms. The highest BCUT2D eigenvalue weighted by atomic mass is 16.8. The predicted molar refractivity (Wildman–Crippen MR) is 254 cm³/mol. The summed E-state index contributed by atoms with van der Waals surface area (Å²) in [5.41, 5.74) is -2.58. The Morgan fingerprint density at radius 1 is 0.613 bits per heavy atom. The lowest BCUT2D eigenvalue weighted by Crippen LogP contribution is -2.69. The molecule has 5 aliphatic carbocycles. The minimum Gasteiger partial charge on any atom is -0.479 e. The first-order valence-electron chi connectivity index (χ1n) is 26.9. The van der Waals surface area contributed by atoms with E-state index in [1.54, 1.807) is 0 Å². The normalized spacial score (nSPS) is 57.1. The van der Waals surface area contributed by atoms with Gasteiger partial charge in [0.15, 0.2) is 31.3 Å². The molecular weight excluding hydrogens is 993 g/mol. The number of ether oxygens (including phenoxy) is 8. The maximum atomic E-state index is 12.5. The van der Waals surface area contributed by atoms with E-state index in [9.17, 15) is 76.3 Å². The summed E-state index contributed by atoms with van der Waals surface area (Å²) in [6, 6.07) is 0. The fourth-order valence-corrected chi connectivity index (χ4v) is 16.1. The molecule has 0 radical (unpaired) electrons. The van der Waals surface area contributed by atoms with Crippen LogP contribution in [-0.4, -0.2) is 233 Å². The van der Waals surface area contributed by atoms with Crippen LogP contribution in [-0.2, 0) is 42.7 Å². The monoisotopic (exact) mass is 1080 g/mol. The molecule has 14 N–H and O–H groups in total. The molecule has 23 nitrogen and oxygen atoms in total. The van der Waals surface area contributed by atoms with E-state index < -0.39 is 163 Å². The maximum absolute atomic E-state index is 12.5. The van der Waals surface area contributed by atoms with E-state index in [1.165, 1.54) is 12.5 Å². The van der Waals surface area contributed by atoms with Crippen LogP contribution in [0.2, 0.25) is 0 Å². The van der Waals surface area contributed by atoms with Crippen LogP contribution in [0.15, 0.2) is 11.6 Å². The second kappa shape index (κ2) is 20.7. The maximum Gasteiger partial charge on any atom is 0.335 e. The van der Waals surface area contributed by atoms with E-state index in [0.29, 0.717) is 44.9 Å². The standard InChI is InChI=1S/C52H84O23/c1-21-29(57)32(60)36(64)44(70-21)73-38-31(59)25(56)18-69-45(38)74-39-34(62)33(61)37(42(66)67)72-46(39)71-28-11-12-49(4)26(50(28,5)20-54)10-13-52(7)27(49)9-8-22-23-16-47(2,19-53)40(65)41(48(23,3)14-15-51(22,52)6)75-43-35(63)30(58)24(55)17-68-43/h8,21,23-41,43-46,53-65H,9-20H2,1-7H3,(H,66,67). The molecule has 0 aromatic carbocycles. The molecule has 9 aliphatic rings. The fraction of sp³-hybridized carbons (Fsp3) is 0.942. The van der Waals surface area contributed by atoms with Crippen LogP contribution < -0.4 is 0 Å². The average Bonchev–Trinajstić information content (AvgIpc) is 3.37. The third kappa shape index (κ3) is 9.11. The molecule has 75 heavy (non-hydrogen) atoms. The minimum atomic E-state index is -2.07. The molecule has 30 atom stereocenters. The number of carboxylic acids is 1. The third-order valence-electron chi connectivity index (χ3n) is 21.3. The van der Waals surface area contributed by atoms with E-state index in [1.807, 2.05) is 13.8 Å². The van der Waals surface area contributed by atoms with E-state index in [-0.39, 0.29) is 48.4 Å². The molecule has 4 saturated carbocycles. The van der Waals surface area contributed by atoms with Crippen LogP contribution in [0.25, 0.3) is 0 Å². The van der Waals surface area contributed by atoms with Crippen molar-refractivity contribution in [3.05, 3.63) is 11.6 Å². The lowest BCUT2D eigenvalue weighted by Gasteiger charge is -2.72. The fourth-order valence-electron chi connectivity index (χ4n) is 16.1. The number of carbonyl (C=O) groups is 1. The molecule has 23 heteroatoms. The molecular formula is C52H84O23. The number of fused-ring (bicyclic) bond motifs is 7. The SMILES string of the molecule is CC1OC(OC2C(OC3C(OC4CCC5(C)C(CCC6(C)C5CC=C5C7CC(C)(CO)C(O)C(OC8OCC(O)C(O)C8O)C7(C)CCC56C)C4(C)CO)OC(C(=O)O)C(O)C3O)OCC(O)C2O)C(O)C(O)C1O. The molecule has 0 amide bonds. The minimum absolute atomic E-state index is 0.0781. The average molecular weight is 1080 g/mol. The second-order valence-corrected chi connectivity index (χ2v) is 25.3. The molecule has 0 spiro atoms. The van der Waals surface area contributed by atoms with Crippen molar-refractivity contribution in [1.82, 2.24) is 0 Å². The molecule has 0 aromatic rings. The summed E-state index contributed by atoms with van der Waals surface area (Å²) in [4.78, 5) is 12.5. The van der Waals surface area contributed by atoms with Gasteiger partial charge in [-0.3, -0.25) is 0 Å². The molecule has 0 aromatic heterocycles. The van der Waals surface area contributed by atoms with Crippen LogP contribution in [0.1, 0.15) is 99.8 Å². The molecule has 4 saturated heterocycles. The van der Waals surface area contributed by atoms with Crippen molar-refractivity contribution in [3.63, 3.8) is 0 Å². The summed E-state index contributed by atoms with van der Waals surface area (Å²) in [5, 5.41) is 153. The summed E-state index contributed by atoms with van der Waals surface area (Å²) in [6.45, 7) is 12.7. The van der Waals surface area contributed by atoms with E-state index in [4.69, 9.17) is 37.9 Å². The smallest absolute Gasteiger partial charge is 0.335 e. The van der Waals surface area contributed by atoms with E-state index in [2.05, 4.69) is 33.8 Å². The zero-order valence-electron chi connectivity index (χ0n) is 43.9. The first kappa shape index (κ1) is 58.0. The topological polar surface area (TPSA) is 374 Å². The number of allylic oxidation sites excluding steroid dienone is 2. The van der Waals surface area contributed by atoms with E-state index >= 15 is 0 Å². The van der Waals surface area contributed by atoms with Gasteiger partial charge in [0.1, 0.15) is 73.2 Å². The molecule has 4 heterocycles. The Bertz CT molecular complexity index is 2090. The van der Waals surface area contributed by atoms with Gasteiger partial charge in [-0.2, -0.15) is 0 Å². The number of hydrogen-bond acceptors (Lipinski definition) is 22. The Kier molecular flexibility index (Phi) is 16.0. The summed E-state index contributed by atoms with van der Waals surface area (Å²) in [7, 11) is 0. The molecule has 9 rings (SSSR count). The first-order valence-corrected chi connectivity index (χ1v) is 26.9. The number of carboxylic acid groups (broad SMARTS) is 1. The predicted octanol–water partition coefficient (Wildman–Crippen LogP) is -2.25. The van der Waals surface area contributed by atoms with Gasteiger partial charge < -0.3 is 109 Å². The molecule has 30 unspecified atom stereocenters. The number of aliphatic hydroxyl groups excluding tert-OH is 13. The number of rotatable bonds is 11.